The first-order chi connectivity index (χ1) is 9.15. The lowest BCUT2D eigenvalue weighted by atomic mass is 10.3. The number of carbonyl (C=O) groups is 1. The van der Waals surface area contributed by atoms with E-state index in [-0.39, 0.29) is 18.3 Å². The van der Waals surface area contributed by atoms with Gasteiger partial charge in [-0.25, -0.2) is 4.39 Å². The summed E-state index contributed by atoms with van der Waals surface area (Å²) < 4.78 is 17.9. The van der Waals surface area contributed by atoms with Crippen molar-refractivity contribution in [3.05, 3.63) is 30.1 Å². The van der Waals surface area contributed by atoms with Crippen molar-refractivity contribution in [2.24, 2.45) is 5.73 Å². The Labute approximate surface area is 112 Å². The van der Waals surface area contributed by atoms with Gasteiger partial charge in [-0.2, -0.15) is 0 Å². The van der Waals surface area contributed by atoms with E-state index in [1.807, 2.05) is 4.90 Å². The van der Waals surface area contributed by atoms with Crippen molar-refractivity contribution in [1.82, 2.24) is 4.90 Å². The molecule has 0 saturated heterocycles. The van der Waals surface area contributed by atoms with E-state index >= 15 is 0 Å². The minimum Gasteiger partial charge on any atom is -0.383 e. The number of nitrogens with one attached hydrogen (secondary N) is 1. The topological polar surface area (TPSA) is 67.6 Å². The van der Waals surface area contributed by atoms with Crippen LogP contribution in [0.4, 0.5) is 10.1 Å². The van der Waals surface area contributed by atoms with Gasteiger partial charge in [-0.3, -0.25) is 9.69 Å². The van der Waals surface area contributed by atoms with Gasteiger partial charge in [0, 0.05) is 32.4 Å². The molecule has 0 radical (unpaired) electrons. The first-order valence-electron chi connectivity index (χ1n) is 6.12. The molecule has 19 heavy (non-hydrogen) atoms. The molecule has 5 nitrogen and oxygen atoms in total. The van der Waals surface area contributed by atoms with Crippen molar-refractivity contribution in [2.75, 3.05) is 45.2 Å². The molecule has 0 fully saturated rings. The molecule has 0 atom stereocenters. The smallest absolute Gasteiger partial charge is 0.238 e. The maximum Gasteiger partial charge on any atom is 0.238 e. The number of halogens is 1. The molecule has 1 amide bonds. The summed E-state index contributed by atoms with van der Waals surface area (Å²) in [6.45, 7) is 2.45. The first-order valence-corrected chi connectivity index (χ1v) is 6.12. The van der Waals surface area contributed by atoms with Crippen LogP contribution in [0, 0.1) is 5.82 Å². The van der Waals surface area contributed by atoms with Gasteiger partial charge in [0.25, 0.3) is 0 Å². The summed E-state index contributed by atoms with van der Waals surface area (Å²) in [4.78, 5) is 13.7. The summed E-state index contributed by atoms with van der Waals surface area (Å²) in [7, 11) is 1.60. The molecule has 0 saturated carbocycles. The maximum atomic E-state index is 13.0. The zero-order valence-corrected chi connectivity index (χ0v) is 11.1. The van der Waals surface area contributed by atoms with Crippen molar-refractivity contribution < 1.29 is 13.9 Å². The Bertz CT molecular complexity index is 401. The molecule has 0 heterocycles. The first kappa shape index (κ1) is 15.6. The number of rotatable bonds is 8. The molecule has 1 aromatic rings. The normalized spacial score (nSPS) is 10.7. The third-order valence-corrected chi connectivity index (χ3v) is 2.53. The SMILES string of the molecule is COCCN(CCN)CC(=O)Nc1cccc(F)c1. The van der Waals surface area contributed by atoms with Crippen LogP contribution < -0.4 is 11.1 Å². The van der Waals surface area contributed by atoms with Crippen LogP contribution in [0.1, 0.15) is 0 Å². The standard InChI is InChI=1S/C13H20FN3O2/c1-19-8-7-17(6-5-15)10-13(18)16-12-4-2-3-11(14)9-12/h2-4,9H,5-8,10,15H2,1H3,(H,16,18). The third-order valence-electron chi connectivity index (χ3n) is 2.53. The fourth-order valence-electron chi connectivity index (χ4n) is 1.64. The Morgan fingerprint density at radius 1 is 1.47 bits per heavy atom. The van der Waals surface area contributed by atoms with Crippen molar-refractivity contribution in [3.8, 4) is 0 Å². The predicted octanol–water partition coefficient (Wildman–Crippen LogP) is 0.671. The Hall–Kier alpha value is -1.50. The van der Waals surface area contributed by atoms with E-state index < -0.39 is 0 Å². The van der Waals surface area contributed by atoms with Gasteiger partial charge in [0.15, 0.2) is 0 Å². The Balaban J connectivity index is 2.47. The van der Waals surface area contributed by atoms with E-state index in [2.05, 4.69) is 5.32 Å². The summed E-state index contributed by atoms with van der Waals surface area (Å²) in [5.74, 6) is -0.578. The highest BCUT2D eigenvalue weighted by atomic mass is 19.1. The fraction of sp³-hybridized carbons (Fsp3) is 0.462. The fourth-order valence-corrected chi connectivity index (χ4v) is 1.64. The number of nitrogens with two attached hydrogens (primary N) is 1. The molecule has 6 heteroatoms. The number of anilines is 1. The summed E-state index contributed by atoms with van der Waals surface area (Å²) >= 11 is 0. The van der Waals surface area contributed by atoms with Gasteiger partial charge in [-0.05, 0) is 18.2 Å². The number of amides is 1. The molecule has 0 aliphatic heterocycles. The minimum absolute atomic E-state index is 0.199. The van der Waals surface area contributed by atoms with Crippen LogP contribution >= 0.6 is 0 Å². The van der Waals surface area contributed by atoms with Gasteiger partial charge in [0.1, 0.15) is 5.82 Å². The zero-order valence-electron chi connectivity index (χ0n) is 11.1. The average molecular weight is 269 g/mol. The molecule has 0 aliphatic carbocycles. The van der Waals surface area contributed by atoms with E-state index in [4.69, 9.17) is 10.5 Å². The number of nitrogens with zero attached hydrogens (tertiary/aromatic N) is 1. The van der Waals surface area contributed by atoms with Gasteiger partial charge in [-0.15, -0.1) is 0 Å². The van der Waals surface area contributed by atoms with Crippen LogP contribution in [0.2, 0.25) is 0 Å². The van der Waals surface area contributed by atoms with Crippen LogP contribution in [0.3, 0.4) is 0 Å². The number of hydrogen-bond donors (Lipinski definition) is 2. The second kappa shape index (κ2) is 8.58. The summed E-state index contributed by atoms with van der Waals surface area (Å²) in [5, 5.41) is 2.65. The Morgan fingerprint density at radius 3 is 2.89 bits per heavy atom. The van der Waals surface area contributed by atoms with Crippen LogP contribution in [-0.4, -0.2) is 50.7 Å². The van der Waals surface area contributed by atoms with Crippen molar-refractivity contribution in [3.63, 3.8) is 0 Å². The van der Waals surface area contributed by atoms with Gasteiger partial charge in [-0.1, -0.05) is 6.07 Å². The van der Waals surface area contributed by atoms with Crippen LogP contribution in [0.5, 0.6) is 0 Å². The summed E-state index contributed by atoms with van der Waals surface area (Å²) in [6.07, 6.45) is 0. The summed E-state index contributed by atoms with van der Waals surface area (Å²) in [6, 6.07) is 5.80. The van der Waals surface area contributed by atoms with E-state index in [0.717, 1.165) is 0 Å². The van der Waals surface area contributed by atoms with Crippen molar-refractivity contribution >= 4 is 11.6 Å². The number of hydrogen-bond acceptors (Lipinski definition) is 4. The second-order valence-corrected chi connectivity index (χ2v) is 4.12. The predicted molar refractivity (Wildman–Crippen MR) is 72.4 cm³/mol. The molecule has 0 unspecified atom stereocenters. The van der Waals surface area contributed by atoms with Crippen LogP contribution in [0.25, 0.3) is 0 Å². The van der Waals surface area contributed by atoms with Gasteiger partial charge >= 0.3 is 0 Å². The molecule has 0 bridgehead atoms. The average Bonchev–Trinajstić information content (AvgIpc) is 2.36. The summed E-state index contributed by atoms with van der Waals surface area (Å²) in [5.41, 5.74) is 5.93. The lowest BCUT2D eigenvalue weighted by Crippen LogP contribution is -2.38. The number of methoxy groups -OCH3 is 1. The number of benzene rings is 1. The van der Waals surface area contributed by atoms with Gasteiger partial charge in [0.2, 0.25) is 5.91 Å². The van der Waals surface area contributed by atoms with E-state index in [0.29, 0.717) is 31.9 Å². The third kappa shape index (κ3) is 6.28. The molecular formula is C13H20FN3O2. The highest BCUT2D eigenvalue weighted by molar-refractivity contribution is 5.92. The molecule has 1 aromatic carbocycles. The minimum atomic E-state index is -0.379. The van der Waals surface area contributed by atoms with Crippen molar-refractivity contribution in [2.45, 2.75) is 0 Å². The second-order valence-electron chi connectivity index (χ2n) is 4.12. The van der Waals surface area contributed by atoms with Crippen LogP contribution in [-0.2, 0) is 9.53 Å². The molecular weight excluding hydrogens is 249 g/mol. The van der Waals surface area contributed by atoms with E-state index in [9.17, 15) is 9.18 Å². The Morgan fingerprint density at radius 2 is 2.26 bits per heavy atom. The monoisotopic (exact) mass is 269 g/mol. The molecule has 1 rings (SSSR count). The van der Waals surface area contributed by atoms with Gasteiger partial charge < -0.3 is 15.8 Å². The zero-order chi connectivity index (χ0) is 14.1. The molecule has 0 aromatic heterocycles. The maximum absolute atomic E-state index is 13.0. The van der Waals surface area contributed by atoms with Crippen molar-refractivity contribution in [1.29, 1.82) is 0 Å². The lowest BCUT2D eigenvalue weighted by Gasteiger charge is -2.20. The van der Waals surface area contributed by atoms with E-state index in [1.165, 1.54) is 12.1 Å². The molecule has 3 N–H and O–H groups in total. The highest BCUT2D eigenvalue weighted by Gasteiger charge is 2.10. The quantitative estimate of drug-likeness (QED) is 0.728. The largest absolute Gasteiger partial charge is 0.383 e. The van der Waals surface area contributed by atoms with Crippen LogP contribution in [0.15, 0.2) is 24.3 Å². The number of carbonyl (C=O) groups excluding carboxylic acids is 1. The molecule has 0 aliphatic rings. The Kier molecular flexibility index (Phi) is 7.02. The lowest BCUT2D eigenvalue weighted by molar-refractivity contribution is -0.117. The highest BCUT2D eigenvalue weighted by Crippen LogP contribution is 2.08. The molecule has 0 spiro atoms. The number of ether oxygens (including phenoxy) is 1. The van der Waals surface area contributed by atoms with E-state index in [1.54, 1.807) is 19.2 Å². The molecule has 106 valence electrons. The van der Waals surface area contributed by atoms with Gasteiger partial charge in [0.05, 0.1) is 13.2 Å².